The Bertz CT molecular complexity index is 469. The van der Waals surface area contributed by atoms with E-state index in [0.717, 1.165) is 25.7 Å². The summed E-state index contributed by atoms with van der Waals surface area (Å²) in [5, 5.41) is 19.9. The Hall–Kier alpha value is -0.870. The van der Waals surface area contributed by atoms with E-state index in [2.05, 4.69) is 13.8 Å². The average molecular weight is 280 g/mol. The molecule has 3 fully saturated rings. The van der Waals surface area contributed by atoms with Crippen molar-refractivity contribution in [2.75, 3.05) is 6.61 Å². The van der Waals surface area contributed by atoms with Gasteiger partial charge in [0.25, 0.3) is 0 Å². The molecule has 112 valence electrons. The molecule has 0 aromatic rings. The Balaban J connectivity index is 1.98. The lowest BCUT2D eigenvalue weighted by Crippen LogP contribution is -2.49. The van der Waals surface area contributed by atoms with Crippen LogP contribution < -0.4 is 0 Å². The molecule has 0 aromatic heterocycles. The maximum absolute atomic E-state index is 11.5. The van der Waals surface area contributed by atoms with Crippen LogP contribution in [-0.2, 0) is 9.53 Å². The zero-order chi connectivity index (χ0) is 14.5. The highest BCUT2D eigenvalue weighted by Crippen LogP contribution is 2.59. The first kappa shape index (κ1) is 14.1. The zero-order valence-corrected chi connectivity index (χ0v) is 12.3. The van der Waals surface area contributed by atoms with Gasteiger partial charge in [0.15, 0.2) is 5.60 Å². The maximum atomic E-state index is 11.5. The summed E-state index contributed by atoms with van der Waals surface area (Å²) < 4.78 is 5.75. The first-order valence-electron chi connectivity index (χ1n) is 7.69. The molecular weight excluding hydrogens is 256 g/mol. The second kappa shape index (κ2) is 4.57. The predicted molar refractivity (Wildman–Crippen MR) is 74.3 cm³/mol. The Morgan fingerprint density at radius 1 is 1.45 bits per heavy atom. The van der Waals surface area contributed by atoms with Crippen molar-refractivity contribution in [1.82, 2.24) is 0 Å². The van der Waals surface area contributed by atoms with Gasteiger partial charge in [-0.05, 0) is 51.4 Å². The van der Waals surface area contributed by atoms with Crippen LogP contribution in [0, 0.1) is 11.3 Å². The van der Waals surface area contributed by atoms with Crippen LogP contribution in [0.1, 0.15) is 52.4 Å². The third-order valence-electron chi connectivity index (χ3n) is 6.01. The Morgan fingerprint density at radius 3 is 2.85 bits per heavy atom. The normalized spacial score (nSPS) is 46.0. The summed E-state index contributed by atoms with van der Waals surface area (Å²) in [5.41, 5.74) is 1.33. The molecule has 2 bridgehead atoms. The minimum atomic E-state index is -1.70. The molecule has 0 aromatic carbocycles. The number of carbonyl (C=O) groups is 1. The second-order valence-electron chi connectivity index (χ2n) is 6.85. The summed E-state index contributed by atoms with van der Waals surface area (Å²) in [7, 11) is 0. The molecule has 3 rings (SSSR count). The molecule has 0 unspecified atom stereocenters. The fourth-order valence-corrected chi connectivity index (χ4v) is 4.57. The highest BCUT2D eigenvalue weighted by Gasteiger charge is 2.60. The number of ether oxygens (including phenoxy) is 1. The number of fused-ring (bicyclic) bond motifs is 1. The summed E-state index contributed by atoms with van der Waals surface area (Å²) in [6.07, 6.45) is 4.49. The van der Waals surface area contributed by atoms with Crippen LogP contribution >= 0.6 is 0 Å². The van der Waals surface area contributed by atoms with E-state index in [4.69, 9.17) is 4.74 Å². The van der Waals surface area contributed by atoms with Crippen molar-refractivity contribution >= 4 is 5.97 Å². The van der Waals surface area contributed by atoms with Crippen LogP contribution in [-0.4, -0.2) is 34.5 Å². The van der Waals surface area contributed by atoms with Gasteiger partial charge in [-0.15, -0.1) is 0 Å². The quantitative estimate of drug-likeness (QED) is 0.763. The molecule has 20 heavy (non-hydrogen) atoms. The average Bonchev–Trinajstić information content (AvgIpc) is 2.97. The fourth-order valence-electron chi connectivity index (χ4n) is 4.57. The van der Waals surface area contributed by atoms with Gasteiger partial charge < -0.3 is 14.9 Å². The van der Waals surface area contributed by atoms with Gasteiger partial charge >= 0.3 is 5.97 Å². The minimum absolute atomic E-state index is 0.0797. The van der Waals surface area contributed by atoms with Gasteiger partial charge in [0.1, 0.15) is 0 Å². The minimum Gasteiger partial charge on any atom is -0.479 e. The zero-order valence-electron chi connectivity index (χ0n) is 12.3. The van der Waals surface area contributed by atoms with Gasteiger partial charge in [-0.25, -0.2) is 4.79 Å². The largest absolute Gasteiger partial charge is 0.479 e. The van der Waals surface area contributed by atoms with Gasteiger partial charge in [0.2, 0.25) is 0 Å². The van der Waals surface area contributed by atoms with Crippen molar-refractivity contribution in [3.63, 3.8) is 0 Å². The van der Waals surface area contributed by atoms with Crippen LogP contribution in [0.5, 0.6) is 0 Å². The molecule has 0 radical (unpaired) electrons. The lowest BCUT2D eigenvalue weighted by molar-refractivity contribution is -0.174. The number of hydrogen-bond donors (Lipinski definition) is 2. The van der Waals surface area contributed by atoms with Gasteiger partial charge in [-0.3, -0.25) is 0 Å². The maximum Gasteiger partial charge on any atom is 0.338 e. The molecule has 2 N–H and O–H groups in total. The smallest absolute Gasteiger partial charge is 0.338 e. The fraction of sp³-hybridized carbons (Fsp3) is 0.812. The number of aliphatic carboxylic acids is 1. The Labute approximate surface area is 119 Å². The SMILES string of the molecule is CC/C(C)=C1\CC[C@]23CO[C@H](C2)[C@@](O)(C(=O)O)CC[C@@H]13. The van der Waals surface area contributed by atoms with E-state index < -0.39 is 17.7 Å². The van der Waals surface area contributed by atoms with E-state index in [-0.39, 0.29) is 5.41 Å². The van der Waals surface area contributed by atoms with Crippen molar-refractivity contribution in [2.24, 2.45) is 11.3 Å². The van der Waals surface area contributed by atoms with E-state index in [1.165, 1.54) is 11.1 Å². The third-order valence-corrected chi connectivity index (χ3v) is 6.01. The molecule has 4 nitrogen and oxygen atoms in total. The van der Waals surface area contributed by atoms with Crippen molar-refractivity contribution in [3.8, 4) is 0 Å². The number of hydrogen-bond acceptors (Lipinski definition) is 3. The van der Waals surface area contributed by atoms with Crippen molar-refractivity contribution in [2.45, 2.75) is 64.1 Å². The summed E-state index contributed by atoms with van der Waals surface area (Å²) >= 11 is 0. The molecule has 1 heterocycles. The van der Waals surface area contributed by atoms with E-state index >= 15 is 0 Å². The second-order valence-corrected chi connectivity index (χ2v) is 6.85. The summed E-state index contributed by atoms with van der Waals surface area (Å²) in [6.45, 7) is 4.97. The molecule has 2 aliphatic carbocycles. The van der Waals surface area contributed by atoms with E-state index in [0.29, 0.717) is 25.4 Å². The van der Waals surface area contributed by atoms with E-state index in [1.807, 2.05) is 0 Å². The third kappa shape index (κ3) is 1.77. The Kier molecular flexibility index (Phi) is 3.22. The molecule has 1 saturated heterocycles. The van der Waals surface area contributed by atoms with Crippen LogP contribution in [0.3, 0.4) is 0 Å². The van der Waals surface area contributed by atoms with E-state index in [9.17, 15) is 15.0 Å². The first-order valence-corrected chi connectivity index (χ1v) is 7.69. The molecule has 1 aliphatic heterocycles. The van der Waals surface area contributed by atoms with Crippen LogP contribution in [0.2, 0.25) is 0 Å². The van der Waals surface area contributed by atoms with Crippen molar-refractivity contribution < 1.29 is 19.7 Å². The molecular formula is C16H24O4. The predicted octanol–water partition coefficient (Wildman–Crippen LogP) is 2.51. The van der Waals surface area contributed by atoms with Crippen LogP contribution in [0.25, 0.3) is 0 Å². The highest BCUT2D eigenvalue weighted by atomic mass is 16.5. The first-order chi connectivity index (χ1) is 9.43. The molecule has 2 saturated carbocycles. The van der Waals surface area contributed by atoms with Gasteiger partial charge in [-0.2, -0.15) is 0 Å². The molecule has 4 atom stereocenters. The monoisotopic (exact) mass is 280 g/mol. The van der Waals surface area contributed by atoms with Crippen molar-refractivity contribution in [3.05, 3.63) is 11.1 Å². The van der Waals surface area contributed by atoms with Gasteiger partial charge in [0.05, 0.1) is 12.7 Å². The molecule has 0 amide bonds. The lowest BCUT2D eigenvalue weighted by Gasteiger charge is -2.31. The number of aliphatic hydroxyl groups is 1. The number of allylic oxidation sites excluding steroid dienone is 2. The van der Waals surface area contributed by atoms with Crippen LogP contribution in [0.4, 0.5) is 0 Å². The number of carboxylic acid groups (broad SMARTS) is 1. The van der Waals surface area contributed by atoms with Gasteiger partial charge in [0, 0.05) is 5.41 Å². The summed E-state index contributed by atoms with van der Waals surface area (Å²) in [6, 6.07) is 0. The Morgan fingerprint density at radius 2 is 2.20 bits per heavy atom. The van der Waals surface area contributed by atoms with Gasteiger partial charge in [-0.1, -0.05) is 18.1 Å². The molecule has 3 aliphatic rings. The lowest BCUT2D eigenvalue weighted by atomic mass is 9.74. The van der Waals surface area contributed by atoms with Crippen molar-refractivity contribution in [1.29, 1.82) is 0 Å². The summed E-state index contributed by atoms with van der Waals surface area (Å²) in [4.78, 5) is 11.5. The highest BCUT2D eigenvalue weighted by molar-refractivity contribution is 5.78. The number of carboxylic acids is 1. The topological polar surface area (TPSA) is 66.8 Å². The van der Waals surface area contributed by atoms with E-state index in [1.54, 1.807) is 0 Å². The number of rotatable bonds is 2. The summed E-state index contributed by atoms with van der Waals surface area (Å²) in [5.74, 6) is -0.724. The standard InChI is InChI=1S/C16H24O4/c1-3-10(2)11-4-6-15-8-13(20-9-15)16(19,14(17)18)7-5-12(11)15/h12-13,19H,3-9H2,1-2H3,(H,17,18)/b11-10+/t12-,13+,15+,16+/m0/s1. The van der Waals surface area contributed by atoms with Crippen LogP contribution in [0.15, 0.2) is 11.1 Å². The molecule has 4 heteroatoms. The molecule has 1 spiro atoms.